The highest BCUT2D eigenvalue weighted by molar-refractivity contribution is 6.31. The summed E-state index contributed by atoms with van der Waals surface area (Å²) in [5.41, 5.74) is 0.0209. The van der Waals surface area contributed by atoms with Crippen LogP contribution in [0.4, 0.5) is 10.1 Å². The van der Waals surface area contributed by atoms with Gasteiger partial charge in [0.2, 0.25) is 11.8 Å². The second-order valence-electron chi connectivity index (χ2n) is 6.35. The Balaban J connectivity index is 2.08. The molecular weight excluding hydrogens is 343 g/mol. The number of hydrogen-bond acceptors (Lipinski definition) is 2. The fourth-order valence-corrected chi connectivity index (χ4v) is 2.55. The Labute approximate surface area is 151 Å². The fraction of sp³-hybridized carbons (Fsp3) is 0.263. The van der Waals surface area contributed by atoms with Gasteiger partial charge in [0.05, 0.1) is 5.02 Å². The molecule has 2 amide bonds. The summed E-state index contributed by atoms with van der Waals surface area (Å²) in [5, 5.41) is 2.52. The van der Waals surface area contributed by atoms with Gasteiger partial charge >= 0.3 is 0 Å². The third-order valence-electron chi connectivity index (χ3n) is 3.89. The molecule has 0 saturated heterocycles. The Morgan fingerprint density at radius 3 is 2.40 bits per heavy atom. The molecule has 4 nitrogen and oxygen atoms in total. The second-order valence-corrected chi connectivity index (χ2v) is 6.76. The summed E-state index contributed by atoms with van der Waals surface area (Å²) in [5.74, 6) is -1.38. The third-order valence-corrected chi connectivity index (χ3v) is 4.18. The van der Waals surface area contributed by atoms with E-state index in [1.807, 2.05) is 30.3 Å². The lowest BCUT2D eigenvalue weighted by Crippen LogP contribution is -2.45. The number of rotatable bonds is 5. The topological polar surface area (TPSA) is 49.4 Å². The number of benzene rings is 2. The number of hydrogen-bond donors (Lipinski definition) is 1. The van der Waals surface area contributed by atoms with Crippen LogP contribution in [0.2, 0.25) is 5.02 Å². The Hall–Kier alpha value is -2.40. The van der Waals surface area contributed by atoms with E-state index in [4.69, 9.17) is 11.6 Å². The molecule has 0 aliphatic rings. The van der Waals surface area contributed by atoms with Crippen LogP contribution >= 0.6 is 11.6 Å². The van der Waals surface area contributed by atoms with E-state index in [-0.39, 0.29) is 10.9 Å². The third kappa shape index (κ3) is 4.57. The van der Waals surface area contributed by atoms with Crippen molar-refractivity contribution < 1.29 is 14.0 Å². The van der Waals surface area contributed by atoms with Crippen molar-refractivity contribution in [2.75, 3.05) is 12.4 Å². The number of carbonyl (C=O) groups is 2. The highest BCUT2D eigenvalue weighted by atomic mass is 35.5. The Bertz CT molecular complexity index is 778. The van der Waals surface area contributed by atoms with Gasteiger partial charge < -0.3 is 10.2 Å². The maximum Gasteiger partial charge on any atom is 0.239 e. The summed E-state index contributed by atoms with van der Waals surface area (Å²) in [6.07, 6.45) is 0. The molecule has 0 aliphatic carbocycles. The summed E-state index contributed by atoms with van der Waals surface area (Å²) in [6.45, 7) is 3.51. The minimum atomic E-state index is -1.29. The van der Waals surface area contributed by atoms with Crippen LogP contribution in [0.1, 0.15) is 19.4 Å². The zero-order chi connectivity index (χ0) is 18.6. The molecule has 0 fully saturated rings. The first-order valence-corrected chi connectivity index (χ1v) is 8.15. The summed E-state index contributed by atoms with van der Waals surface area (Å²) in [7, 11) is 1.65. The standard InChI is InChI=1S/C19H20ClFN2O2/c1-19(2,17(24)22-14-9-10-16(21)15(20)11-14)18(25)23(3)12-13-7-5-4-6-8-13/h4-11H,12H2,1-3H3,(H,22,24). The predicted octanol–water partition coefficient (Wildman–Crippen LogP) is 4.10. The van der Waals surface area contributed by atoms with Crippen LogP contribution < -0.4 is 5.32 Å². The van der Waals surface area contributed by atoms with Crippen molar-refractivity contribution in [1.82, 2.24) is 4.90 Å². The molecule has 0 saturated carbocycles. The van der Waals surface area contributed by atoms with E-state index in [1.165, 1.54) is 17.0 Å². The fourth-order valence-electron chi connectivity index (χ4n) is 2.36. The first-order valence-electron chi connectivity index (χ1n) is 7.78. The predicted molar refractivity (Wildman–Crippen MR) is 96.7 cm³/mol. The molecule has 0 heterocycles. The SMILES string of the molecule is CN(Cc1ccccc1)C(=O)C(C)(C)C(=O)Nc1ccc(F)c(Cl)c1. The van der Waals surface area contributed by atoms with E-state index in [1.54, 1.807) is 20.9 Å². The van der Waals surface area contributed by atoms with Gasteiger partial charge in [-0.1, -0.05) is 41.9 Å². The number of amides is 2. The molecule has 2 rings (SSSR count). The summed E-state index contributed by atoms with van der Waals surface area (Å²) < 4.78 is 13.2. The summed E-state index contributed by atoms with van der Waals surface area (Å²) >= 11 is 5.71. The van der Waals surface area contributed by atoms with Crippen LogP contribution in [0.15, 0.2) is 48.5 Å². The molecule has 0 spiro atoms. The van der Waals surface area contributed by atoms with Crippen molar-refractivity contribution >= 4 is 29.1 Å². The number of anilines is 1. The second kappa shape index (κ2) is 7.66. The maximum atomic E-state index is 13.2. The maximum absolute atomic E-state index is 13.2. The molecule has 0 unspecified atom stereocenters. The molecule has 6 heteroatoms. The highest BCUT2D eigenvalue weighted by Crippen LogP contribution is 2.24. The molecule has 25 heavy (non-hydrogen) atoms. The van der Waals surface area contributed by atoms with E-state index in [9.17, 15) is 14.0 Å². The van der Waals surface area contributed by atoms with Crippen molar-refractivity contribution in [2.24, 2.45) is 5.41 Å². The lowest BCUT2D eigenvalue weighted by molar-refractivity contribution is -0.145. The Morgan fingerprint density at radius 1 is 1.16 bits per heavy atom. The van der Waals surface area contributed by atoms with Gasteiger partial charge in [0.15, 0.2) is 0 Å². The van der Waals surface area contributed by atoms with Gasteiger partial charge in [-0.15, -0.1) is 0 Å². The monoisotopic (exact) mass is 362 g/mol. The van der Waals surface area contributed by atoms with Crippen LogP contribution in [0.5, 0.6) is 0 Å². The van der Waals surface area contributed by atoms with Crippen LogP contribution in [-0.4, -0.2) is 23.8 Å². The minimum Gasteiger partial charge on any atom is -0.341 e. The lowest BCUT2D eigenvalue weighted by Gasteiger charge is -2.28. The molecule has 0 aliphatic heterocycles. The molecule has 0 aromatic heterocycles. The zero-order valence-electron chi connectivity index (χ0n) is 14.3. The van der Waals surface area contributed by atoms with Crippen molar-refractivity contribution in [3.63, 3.8) is 0 Å². The zero-order valence-corrected chi connectivity index (χ0v) is 15.1. The quantitative estimate of drug-likeness (QED) is 0.814. The summed E-state index contributed by atoms with van der Waals surface area (Å²) in [6, 6.07) is 13.4. The van der Waals surface area contributed by atoms with Gasteiger partial charge in [-0.05, 0) is 37.6 Å². The van der Waals surface area contributed by atoms with Gasteiger partial charge in [-0.25, -0.2) is 4.39 Å². The first-order chi connectivity index (χ1) is 11.7. The molecular formula is C19H20ClFN2O2. The average Bonchev–Trinajstić information content (AvgIpc) is 2.58. The lowest BCUT2D eigenvalue weighted by atomic mass is 9.90. The molecule has 132 valence electrons. The van der Waals surface area contributed by atoms with Crippen molar-refractivity contribution in [2.45, 2.75) is 20.4 Å². The summed E-state index contributed by atoms with van der Waals surface area (Å²) in [4.78, 5) is 26.7. The normalized spacial score (nSPS) is 11.1. The Kier molecular flexibility index (Phi) is 5.80. The Morgan fingerprint density at radius 2 is 1.80 bits per heavy atom. The van der Waals surface area contributed by atoms with Crippen LogP contribution in [0.25, 0.3) is 0 Å². The van der Waals surface area contributed by atoms with Crippen LogP contribution in [0.3, 0.4) is 0 Å². The van der Waals surface area contributed by atoms with Gasteiger partial charge in [0.25, 0.3) is 0 Å². The first kappa shape index (κ1) is 18.9. The number of halogens is 2. The van der Waals surface area contributed by atoms with Crippen LogP contribution in [-0.2, 0) is 16.1 Å². The number of nitrogens with zero attached hydrogens (tertiary/aromatic N) is 1. The minimum absolute atomic E-state index is 0.0943. The van der Waals surface area contributed by atoms with Crippen LogP contribution in [0, 0.1) is 11.2 Å². The highest BCUT2D eigenvalue weighted by Gasteiger charge is 2.38. The molecule has 1 N–H and O–H groups in total. The van der Waals surface area contributed by atoms with Crippen molar-refractivity contribution in [3.8, 4) is 0 Å². The van der Waals surface area contributed by atoms with E-state index in [0.29, 0.717) is 12.2 Å². The molecule has 0 bridgehead atoms. The van der Waals surface area contributed by atoms with Gasteiger partial charge in [-0.3, -0.25) is 9.59 Å². The molecule has 2 aromatic carbocycles. The van der Waals surface area contributed by atoms with E-state index >= 15 is 0 Å². The van der Waals surface area contributed by atoms with E-state index < -0.39 is 17.1 Å². The van der Waals surface area contributed by atoms with E-state index in [0.717, 1.165) is 11.6 Å². The average molecular weight is 363 g/mol. The van der Waals surface area contributed by atoms with E-state index in [2.05, 4.69) is 5.32 Å². The largest absolute Gasteiger partial charge is 0.341 e. The number of carbonyl (C=O) groups excluding carboxylic acids is 2. The molecule has 0 atom stereocenters. The van der Waals surface area contributed by atoms with Gasteiger partial charge in [0.1, 0.15) is 11.2 Å². The van der Waals surface area contributed by atoms with Crippen molar-refractivity contribution in [3.05, 3.63) is 64.9 Å². The molecule has 0 radical (unpaired) electrons. The van der Waals surface area contributed by atoms with Gasteiger partial charge in [0, 0.05) is 19.3 Å². The molecule has 2 aromatic rings. The number of nitrogens with one attached hydrogen (secondary N) is 1. The van der Waals surface area contributed by atoms with Crippen molar-refractivity contribution in [1.29, 1.82) is 0 Å². The smallest absolute Gasteiger partial charge is 0.239 e. The van der Waals surface area contributed by atoms with Gasteiger partial charge in [-0.2, -0.15) is 0 Å².